The summed E-state index contributed by atoms with van der Waals surface area (Å²) in [5.41, 5.74) is 0.393. The van der Waals surface area contributed by atoms with E-state index in [9.17, 15) is 22.8 Å². The number of fused-ring (bicyclic) bond motifs is 1. The minimum atomic E-state index is -4.44. The highest BCUT2D eigenvalue weighted by Crippen LogP contribution is 2.39. The Bertz CT molecular complexity index is 842. The molecule has 1 N–H and O–H groups in total. The summed E-state index contributed by atoms with van der Waals surface area (Å²) >= 11 is 0. The molecule has 0 radical (unpaired) electrons. The first-order valence-electron chi connectivity index (χ1n) is 7.86. The van der Waals surface area contributed by atoms with Crippen LogP contribution in [0.15, 0.2) is 18.5 Å². The summed E-state index contributed by atoms with van der Waals surface area (Å²) in [6.07, 6.45) is -2.28. The molecule has 0 saturated heterocycles. The molecule has 1 unspecified atom stereocenters. The summed E-state index contributed by atoms with van der Waals surface area (Å²) in [5, 5.41) is 16.6. The number of anilines is 1. The lowest BCUT2D eigenvalue weighted by Crippen LogP contribution is -2.43. The maximum atomic E-state index is 13.2. The molecule has 140 valence electrons. The van der Waals surface area contributed by atoms with E-state index in [4.69, 9.17) is 5.11 Å². The molecule has 1 atom stereocenters. The Morgan fingerprint density at radius 1 is 1.38 bits per heavy atom. The van der Waals surface area contributed by atoms with Crippen LogP contribution in [0.5, 0.6) is 0 Å². The second-order valence-corrected chi connectivity index (χ2v) is 6.03. The van der Waals surface area contributed by atoms with Gasteiger partial charge in [-0.25, -0.2) is 9.48 Å². The Balaban J connectivity index is 1.74. The van der Waals surface area contributed by atoms with E-state index in [2.05, 4.69) is 10.2 Å². The topological polar surface area (TPSA) is 93.2 Å². The number of hydrogen-bond donors (Lipinski definition) is 1. The molecule has 0 bridgehead atoms. The number of aromatic carboxylic acids is 1. The maximum absolute atomic E-state index is 13.2. The van der Waals surface area contributed by atoms with Crippen molar-refractivity contribution in [2.24, 2.45) is 0 Å². The summed E-state index contributed by atoms with van der Waals surface area (Å²) in [5.74, 6) is -1.39. The zero-order valence-electron chi connectivity index (χ0n) is 13.8. The highest BCUT2D eigenvalue weighted by molar-refractivity contribution is 5.92. The molecule has 11 heteroatoms. The first-order chi connectivity index (χ1) is 12.2. The van der Waals surface area contributed by atoms with E-state index >= 15 is 0 Å². The van der Waals surface area contributed by atoms with Crippen LogP contribution in [0.2, 0.25) is 0 Å². The van der Waals surface area contributed by atoms with Crippen molar-refractivity contribution in [2.75, 3.05) is 11.4 Å². The molecule has 0 aromatic carbocycles. The summed E-state index contributed by atoms with van der Waals surface area (Å²) in [7, 11) is 0. The Kier molecular flexibility index (Phi) is 4.46. The molecule has 0 fully saturated rings. The molecule has 0 saturated carbocycles. The summed E-state index contributed by atoms with van der Waals surface area (Å²) in [6, 6.07) is -0.300. The number of carboxylic acids is 1. The van der Waals surface area contributed by atoms with Crippen molar-refractivity contribution in [2.45, 2.75) is 38.5 Å². The molecule has 2 aromatic rings. The lowest BCUT2D eigenvalue weighted by Gasteiger charge is -2.33. The van der Waals surface area contributed by atoms with Gasteiger partial charge in [-0.1, -0.05) is 0 Å². The van der Waals surface area contributed by atoms with Crippen LogP contribution in [-0.4, -0.2) is 49.3 Å². The number of rotatable bonds is 4. The van der Waals surface area contributed by atoms with Gasteiger partial charge in [-0.05, 0) is 13.3 Å². The smallest absolute Gasteiger partial charge is 0.410 e. The average molecular weight is 371 g/mol. The maximum Gasteiger partial charge on any atom is 0.410 e. The molecular formula is C15H16F3N5O3. The monoisotopic (exact) mass is 371 g/mol. The molecule has 1 amide bonds. The third kappa shape index (κ3) is 3.41. The predicted molar refractivity (Wildman–Crippen MR) is 82.8 cm³/mol. The van der Waals surface area contributed by atoms with E-state index < -0.39 is 18.2 Å². The number of carbonyl (C=O) groups is 2. The van der Waals surface area contributed by atoms with Gasteiger partial charge < -0.3 is 5.11 Å². The third-order valence-electron chi connectivity index (χ3n) is 4.15. The Morgan fingerprint density at radius 2 is 2.12 bits per heavy atom. The van der Waals surface area contributed by atoms with Gasteiger partial charge in [0.2, 0.25) is 5.91 Å². The van der Waals surface area contributed by atoms with Gasteiger partial charge >= 0.3 is 12.1 Å². The van der Waals surface area contributed by atoms with Crippen molar-refractivity contribution >= 4 is 17.7 Å². The number of hydrogen-bond acceptors (Lipinski definition) is 4. The molecule has 0 aliphatic carbocycles. The fourth-order valence-corrected chi connectivity index (χ4v) is 2.92. The SMILES string of the molecule is Cc1cc2n(n1)C(C(F)(F)F)CCN2C(=O)CCn1cc(C(=O)O)cn1. The second kappa shape index (κ2) is 6.46. The highest BCUT2D eigenvalue weighted by atomic mass is 19.4. The Labute approximate surface area is 145 Å². The minimum absolute atomic E-state index is 0.00265. The molecule has 1 aliphatic rings. The number of aromatic nitrogens is 4. The molecular weight excluding hydrogens is 355 g/mol. The van der Waals surface area contributed by atoms with Gasteiger partial charge in [0.05, 0.1) is 17.5 Å². The van der Waals surface area contributed by atoms with Crippen LogP contribution in [0.3, 0.4) is 0 Å². The van der Waals surface area contributed by atoms with Gasteiger partial charge in [0, 0.05) is 31.8 Å². The van der Waals surface area contributed by atoms with E-state index in [1.54, 1.807) is 6.92 Å². The van der Waals surface area contributed by atoms with Crippen LogP contribution >= 0.6 is 0 Å². The number of nitrogens with zero attached hydrogens (tertiary/aromatic N) is 5. The Hall–Kier alpha value is -2.85. The molecule has 8 nitrogen and oxygen atoms in total. The summed E-state index contributed by atoms with van der Waals surface area (Å²) in [4.78, 5) is 24.6. The molecule has 26 heavy (non-hydrogen) atoms. The molecule has 2 aromatic heterocycles. The van der Waals surface area contributed by atoms with Crippen LogP contribution < -0.4 is 4.90 Å². The predicted octanol–water partition coefficient (Wildman–Crippen LogP) is 2.02. The zero-order valence-corrected chi connectivity index (χ0v) is 13.8. The van der Waals surface area contributed by atoms with Crippen molar-refractivity contribution < 1.29 is 27.9 Å². The van der Waals surface area contributed by atoms with Gasteiger partial charge in [0.1, 0.15) is 5.82 Å². The van der Waals surface area contributed by atoms with E-state index in [0.29, 0.717) is 5.69 Å². The number of halogens is 3. The third-order valence-corrected chi connectivity index (χ3v) is 4.15. The first kappa shape index (κ1) is 18.0. The summed E-state index contributed by atoms with van der Waals surface area (Å²) in [6.45, 7) is 1.63. The lowest BCUT2D eigenvalue weighted by atomic mass is 10.1. The standard InChI is InChI=1S/C15H16F3N5O3/c1-9-6-12-22(5-2-11(15(16,17)18)23(12)20-9)13(24)3-4-21-8-10(7-19-21)14(25)26/h6-8,11H,2-5H2,1H3,(H,25,26). The second-order valence-electron chi connectivity index (χ2n) is 6.03. The van der Waals surface area contributed by atoms with Crippen LogP contribution in [-0.2, 0) is 11.3 Å². The highest BCUT2D eigenvalue weighted by Gasteiger charge is 2.46. The van der Waals surface area contributed by atoms with Crippen LogP contribution in [0.25, 0.3) is 0 Å². The number of aryl methyl sites for hydroxylation is 2. The molecule has 3 heterocycles. The van der Waals surface area contributed by atoms with E-state index in [1.807, 2.05) is 0 Å². The largest absolute Gasteiger partial charge is 0.478 e. The van der Waals surface area contributed by atoms with E-state index in [1.165, 1.54) is 28.0 Å². The molecule has 0 spiro atoms. The van der Waals surface area contributed by atoms with E-state index in [0.717, 1.165) is 4.68 Å². The van der Waals surface area contributed by atoms with Crippen molar-refractivity contribution in [3.8, 4) is 0 Å². The normalized spacial score (nSPS) is 17.2. The Morgan fingerprint density at radius 3 is 2.73 bits per heavy atom. The van der Waals surface area contributed by atoms with Crippen molar-refractivity contribution in [3.05, 3.63) is 29.7 Å². The number of amides is 1. The number of alkyl halides is 3. The van der Waals surface area contributed by atoms with Crippen molar-refractivity contribution in [1.29, 1.82) is 0 Å². The zero-order chi connectivity index (χ0) is 19.1. The quantitative estimate of drug-likeness (QED) is 0.888. The van der Waals surface area contributed by atoms with Gasteiger partial charge in [0.15, 0.2) is 6.04 Å². The van der Waals surface area contributed by atoms with Crippen molar-refractivity contribution in [1.82, 2.24) is 19.6 Å². The average Bonchev–Trinajstić information content (AvgIpc) is 3.16. The molecule has 3 rings (SSSR count). The first-order valence-corrected chi connectivity index (χ1v) is 7.86. The van der Waals surface area contributed by atoms with Crippen LogP contribution in [0.4, 0.5) is 19.0 Å². The van der Waals surface area contributed by atoms with Crippen LogP contribution in [0.1, 0.15) is 34.9 Å². The van der Waals surface area contributed by atoms with Crippen molar-refractivity contribution in [3.63, 3.8) is 0 Å². The number of carboxylic acid groups (broad SMARTS) is 1. The van der Waals surface area contributed by atoms with Gasteiger partial charge in [-0.2, -0.15) is 23.4 Å². The molecule has 1 aliphatic heterocycles. The van der Waals surface area contributed by atoms with Gasteiger partial charge in [-0.3, -0.25) is 14.4 Å². The fourth-order valence-electron chi connectivity index (χ4n) is 2.92. The van der Waals surface area contributed by atoms with Gasteiger partial charge in [0.25, 0.3) is 0 Å². The lowest BCUT2D eigenvalue weighted by molar-refractivity contribution is -0.173. The fraction of sp³-hybridized carbons (Fsp3) is 0.467. The van der Waals surface area contributed by atoms with Crippen LogP contribution in [0, 0.1) is 6.92 Å². The minimum Gasteiger partial charge on any atom is -0.478 e. The number of carbonyl (C=O) groups excluding carboxylic acids is 1. The van der Waals surface area contributed by atoms with Gasteiger partial charge in [-0.15, -0.1) is 0 Å². The van der Waals surface area contributed by atoms with E-state index in [-0.39, 0.29) is 43.2 Å². The summed E-state index contributed by atoms with van der Waals surface area (Å²) < 4.78 is 41.7.